The molecule has 0 aliphatic heterocycles. The van der Waals surface area contributed by atoms with Gasteiger partial charge >= 0.3 is 5.97 Å². The highest BCUT2D eigenvalue weighted by Crippen LogP contribution is 2.40. The number of hydrogen-bond donors (Lipinski definition) is 2. The van der Waals surface area contributed by atoms with Gasteiger partial charge in [0.1, 0.15) is 0 Å². The minimum atomic E-state index is -0.934. The minimum Gasteiger partial charge on any atom is -0.481 e. The summed E-state index contributed by atoms with van der Waals surface area (Å²) in [6.07, 6.45) is 3.41. The number of aryl methyl sites for hydroxylation is 3. The number of carboxylic acids is 1. The second kappa shape index (κ2) is 14.4. The molecule has 0 spiro atoms. The lowest BCUT2D eigenvalue weighted by Gasteiger charge is -2.24. The van der Waals surface area contributed by atoms with Crippen molar-refractivity contribution in [3.8, 4) is 11.1 Å². The monoisotopic (exact) mass is 623 g/mol. The Balaban J connectivity index is 1.38. The molecule has 0 fully saturated rings. The Morgan fingerprint density at radius 3 is 2.48 bits per heavy atom. The number of carbonyl (C=O) groups is 1. The average Bonchev–Trinajstić information content (AvgIpc) is 3.01. The molecule has 1 unspecified atom stereocenters. The van der Waals surface area contributed by atoms with Crippen LogP contribution in [0.25, 0.3) is 22.0 Å². The molecular formula is C38H38ClNO3S. The number of aliphatic hydroxyl groups is 1. The van der Waals surface area contributed by atoms with E-state index in [0.29, 0.717) is 10.8 Å². The summed E-state index contributed by atoms with van der Waals surface area (Å²) >= 11 is 7.89. The number of benzene rings is 4. The fraction of sp³-hybridized carbons (Fsp3) is 0.263. The van der Waals surface area contributed by atoms with Crippen LogP contribution < -0.4 is 0 Å². The molecule has 1 atom stereocenters. The van der Waals surface area contributed by atoms with Crippen molar-refractivity contribution in [2.75, 3.05) is 5.75 Å². The normalized spacial score (nSPS) is 12.4. The van der Waals surface area contributed by atoms with Gasteiger partial charge in [-0.2, -0.15) is 11.8 Å². The molecule has 4 aromatic carbocycles. The van der Waals surface area contributed by atoms with Gasteiger partial charge in [0.2, 0.25) is 0 Å². The van der Waals surface area contributed by atoms with Gasteiger partial charge in [0.15, 0.2) is 0 Å². The van der Waals surface area contributed by atoms with E-state index in [9.17, 15) is 15.0 Å². The molecule has 0 saturated carbocycles. The number of thioether (sulfide) groups is 1. The first-order valence-electron chi connectivity index (χ1n) is 15.0. The molecule has 2 N–H and O–H groups in total. The summed E-state index contributed by atoms with van der Waals surface area (Å²) in [7, 11) is 0. The number of fused-ring (bicyclic) bond motifs is 1. The van der Waals surface area contributed by atoms with Crippen LogP contribution in [0, 0.1) is 0 Å². The van der Waals surface area contributed by atoms with Crippen molar-refractivity contribution in [2.24, 2.45) is 0 Å². The smallest absolute Gasteiger partial charge is 0.304 e. The fourth-order valence-electron chi connectivity index (χ4n) is 5.72. The van der Waals surface area contributed by atoms with Crippen molar-refractivity contribution in [2.45, 2.75) is 56.8 Å². The molecule has 5 rings (SSSR count). The number of pyridine rings is 1. The summed E-state index contributed by atoms with van der Waals surface area (Å²) < 4.78 is 0. The van der Waals surface area contributed by atoms with Crippen LogP contribution in [0.3, 0.4) is 0 Å². The molecule has 5 aromatic rings. The van der Waals surface area contributed by atoms with E-state index in [4.69, 9.17) is 16.6 Å². The second-order valence-electron chi connectivity index (χ2n) is 11.7. The Morgan fingerprint density at radius 1 is 0.886 bits per heavy atom. The quantitative estimate of drug-likeness (QED) is 0.137. The molecule has 0 bridgehead atoms. The molecule has 1 aromatic heterocycles. The summed E-state index contributed by atoms with van der Waals surface area (Å²) in [5, 5.41) is 22.0. The molecule has 0 aliphatic carbocycles. The third-order valence-corrected chi connectivity index (χ3v) is 9.48. The van der Waals surface area contributed by atoms with Gasteiger partial charge in [-0.25, -0.2) is 0 Å². The standard InChI is InChI=1S/C38H38ClNO3S/c1-38(2,43)34-13-6-3-9-27(34)17-21-36(44-23-22-37(41)42)33-12-5-4-11-32(33)29-10-7-8-26(24-29)14-19-31-20-16-28-15-18-30(39)25-35(28)40-31/h3-13,15-16,18,20,24-25,36,43H,14,17,19,21-23H2,1-2H3,(H,41,42). The zero-order valence-electron chi connectivity index (χ0n) is 25.2. The molecule has 1 heterocycles. The topological polar surface area (TPSA) is 70.4 Å². The number of nitrogens with zero attached hydrogens (tertiary/aromatic N) is 1. The maximum atomic E-state index is 11.4. The second-order valence-corrected chi connectivity index (χ2v) is 13.4. The van der Waals surface area contributed by atoms with E-state index in [2.05, 4.69) is 66.7 Å². The number of aromatic nitrogens is 1. The van der Waals surface area contributed by atoms with Crippen LogP contribution in [0.2, 0.25) is 5.02 Å². The summed E-state index contributed by atoms with van der Waals surface area (Å²) in [5.41, 5.74) is 7.81. The summed E-state index contributed by atoms with van der Waals surface area (Å²) in [6, 6.07) is 35.2. The molecule has 6 heteroatoms. The van der Waals surface area contributed by atoms with Crippen molar-refractivity contribution in [1.29, 1.82) is 0 Å². The van der Waals surface area contributed by atoms with Gasteiger partial charge in [0, 0.05) is 27.1 Å². The SMILES string of the molecule is CC(C)(O)c1ccccc1CCC(SCCC(=O)O)c1ccccc1-c1cccc(CCc2ccc3ccc(Cl)cc3n2)c1. The maximum absolute atomic E-state index is 11.4. The molecular weight excluding hydrogens is 586 g/mol. The molecule has 44 heavy (non-hydrogen) atoms. The van der Waals surface area contributed by atoms with Crippen LogP contribution in [0.15, 0.2) is 103 Å². The van der Waals surface area contributed by atoms with Crippen LogP contribution in [-0.4, -0.2) is 26.9 Å². The van der Waals surface area contributed by atoms with Crippen LogP contribution in [0.1, 0.15) is 59.9 Å². The van der Waals surface area contributed by atoms with Gasteiger partial charge < -0.3 is 10.2 Å². The Bertz CT molecular complexity index is 1750. The largest absolute Gasteiger partial charge is 0.481 e. The number of rotatable bonds is 13. The van der Waals surface area contributed by atoms with Crippen molar-refractivity contribution in [1.82, 2.24) is 4.98 Å². The first-order chi connectivity index (χ1) is 21.2. The van der Waals surface area contributed by atoms with Crippen LogP contribution in [-0.2, 0) is 29.7 Å². The van der Waals surface area contributed by atoms with E-state index in [1.165, 1.54) is 11.1 Å². The van der Waals surface area contributed by atoms with E-state index < -0.39 is 11.6 Å². The lowest BCUT2D eigenvalue weighted by Crippen LogP contribution is -2.18. The number of halogens is 1. The zero-order valence-corrected chi connectivity index (χ0v) is 26.7. The summed E-state index contributed by atoms with van der Waals surface area (Å²) in [4.78, 5) is 16.2. The van der Waals surface area contributed by atoms with E-state index in [1.54, 1.807) is 11.8 Å². The number of aliphatic carboxylic acids is 1. The first-order valence-corrected chi connectivity index (χ1v) is 16.5. The highest BCUT2D eigenvalue weighted by Gasteiger charge is 2.22. The predicted molar refractivity (Wildman–Crippen MR) is 183 cm³/mol. The zero-order chi connectivity index (χ0) is 31.1. The van der Waals surface area contributed by atoms with Gasteiger partial charge in [-0.3, -0.25) is 9.78 Å². The predicted octanol–water partition coefficient (Wildman–Crippen LogP) is 9.45. The minimum absolute atomic E-state index is 0.0951. The fourth-order valence-corrected chi connectivity index (χ4v) is 7.13. The van der Waals surface area contributed by atoms with Gasteiger partial charge in [0.25, 0.3) is 0 Å². The molecule has 0 amide bonds. The van der Waals surface area contributed by atoms with E-state index in [1.807, 2.05) is 50.2 Å². The van der Waals surface area contributed by atoms with E-state index in [0.717, 1.165) is 64.5 Å². The van der Waals surface area contributed by atoms with Crippen molar-refractivity contribution in [3.05, 3.63) is 136 Å². The summed E-state index contributed by atoms with van der Waals surface area (Å²) in [5.74, 6) is -0.250. The van der Waals surface area contributed by atoms with Crippen LogP contribution in [0.5, 0.6) is 0 Å². The highest BCUT2D eigenvalue weighted by molar-refractivity contribution is 7.99. The molecule has 0 radical (unpaired) electrons. The molecule has 4 nitrogen and oxygen atoms in total. The van der Waals surface area contributed by atoms with E-state index >= 15 is 0 Å². The average molecular weight is 624 g/mol. The first kappa shape index (κ1) is 31.8. The number of hydrogen-bond acceptors (Lipinski definition) is 4. The third-order valence-electron chi connectivity index (χ3n) is 7.91. The van der Waals surface area contributed by atoms with Gasteiger partial charge in [0.05, 0.1) is 17.5 Å². The van der Waals surface area contributed by atoms with Gasteiger partial charge in [-0.1, -0.05) is 96.5 Å². The third kappa shape index (κ3) is 8.29. The number of carboxylic acid groups (broad SMARTS) is 1. The lowest BCUT2D eigenvalue weighted by atomic mass is 9.89. The van der Waals surface area contributed by atoms with Crippen molar-refractivity contribution in [3.63, 3.8) is 0 Å². The Hall–Kier alpha value is -3.64. The van der Waals surface area contributed by atoms with Gasteiger partial charge in [-0.05, 0) is 91.1 Å². The van der Waals surface area contributed by atoms with E-state index in [-0.39, 0.29) is 11.7 Å². The Labute approximate surface area is 269 Å². The highest BCUT2D eigenvalue weighted by atomic mass is 35.5. The lowest BCUT2D eigenvalue weighted by molar-refractivity contribution is -0.136. The van der Waals surface area contributed by atoms with Crippen molar-refractivity contribution < 1.29 is 15.0 Å². The molecule has 0 saturated heterocycles. The van der Waals surface area contributed by atoms with Crippen molar-refractivity contribution >= 4 is 40.2 Å². The van der Waals surface area contributed by atoms with Crippen LogP contribution in [0.4, 0.5) is 0 Å². The Morgan fingerprint density at radius 2 is 1.66 bits per heavy atom. The Kier molecular flexibility index (Phi) is 10.4. The molecule has 0 aliphatic rings. The van der Waals surface area contributed by atoms with Crippen LogP contribution >= 0.6 is 23.4 Å². The molecule has 226 valence electrons. The van der Waals surface area contributed by atoms with Gasteiger partial charge in [-0.15, -0.1) is 0 Å². The maximum Gasteiger partial charge on any atom is 0.304 e. The summed E-state index contributed by atoms with van der Waals surface area (Å²) in [6.45, 7) is 3.64.